The third-order valence-electron chi connectivity index (χ3n) is 6.27. The van der Waals surface area contributed by atoms with E-state index >= 15 is 0 Å². The first-order chi connectivity index (χ1) is 21.8. The maximum atomic E-state index is 12.8. The molecular formula is C30H25F3N6O5S2. The number of nitrogens with one attached hydrogen (secondary N) is 2. The van der Waals surface area contributed by atoms with Gasteiger partial charge in [-0.1, -0.05) is 30.3 Å². The summed E-state index contributed by atoms with van der Waals surface area (Å²) in [5.41, 5.74) is 4.92. The molecule has 0 radical (unpaired) electrons. The molecule has 3 aromatic carbocycles. The first-order valence-corrected chi connectivity index (χ1v) is 15.5. The van der Waals surface area contributed by atoms with E-state index in [0.717, 1.165) is 39.3 Å². The van der Waals surface area contributed by atoms with Crippen LogP contribution in [0.4, 0.5) is 18.3 Å². The molecule has 0 atom stereocenters. The minimum atomic E-state index is -5.08. The second kappa shape index (κ2) is 14.2. The number of carbonyl (C=O) groups is 1. The second-order valence-corrected chi connectivity index (χ2v) is 11.9. The van der Waals surface area contributed by atoms with E-state index in [1.54, 1.807) is 16.3 Å². The fraction of sp³-hybridized carbons (Fsp3) is 0.133. The van der Waals surface area contributed by atoms with Gasteiger partial charge in [0.2, 0.25) is 0 Å². The molecule has 0 aliphatic carbocycles. The van der Waals surface area contributed by atoms with Crippen LogP contribution in [-0.2, 0) is 28.4 Å². The number of aromatic nitrogens is 3. The zero-order valence-corrected chi connectivity index (χ0v) is 25.7. The van der Waals surface area contributed by atoms with E-state index in [0.29, 0.717) is 12.3 Å². The third-order valence-corrected chi connectivity index (χ3v) is 8.42. The van der Waals surface area contributed by atoms with Crippen LogP contribution in [0.15, 0.2) is 89.4 Å². The Morgan fingerprint density at radius 1 is 1.07 bits per heavy atom. The van der Waals surface area contributed by atoms with Gasteiger partial charge >= 0.3 is 12.1 Å². The number of anilines is 1. The van der Waals surface area contributed by atoms with Gasteiger partial charge in [0, 0.05) is 36.9 Å². The summed E-state index contributed by atoms with van der Waals surface area (Å²) < 4.78 is 67.8. The van der Waals surface area contributed by atoms with Crippen molar-refractivity contribution in [3.63, 3.8) is 0 Å². The van der Waals surface area contributed by atoms with Gasteiger partial charge in [-0.05, 0) is 60.1 Å². The number of benzene rings is 3. The van der Waals surface area contributed by atoms with Crippen molar-refractivity contribution in [1.29, 1.82) is 5.26 Å². The van der Waals surface area contributed by atoms with Gasteiger partial charge in [-0.15, -0.1) is 11.3 Å². The molecule has 0 unspecified atom stereocenters. The van der Waals surface area contributed by atoms with Crippen LogP contribution in [0.1, 0.15) is 11.1 Å². The average molecular weight is 671 g/mol. The molecule has 16 heteroatoms. The quantitative estimate of drug-likeness (QED) is 0.170. The fourth-order valence-corrected chi connectivity index (χ4v) is 6.00. The Labute approximate surface area is 265 Å². The lowest BCUT2D eigenvalue weighted by Gasteiger charge is -2.16. The highest BCUT2D eigenvalue weighted by Gasteiger charge is 2.38. The van der Waals surface area contributed by atoms with Crippen molar-refractivity contribution in [3.05, 3.63) is 95.6 Å². The molecule has 238 valence electrons. The number of thiazole rings is 1. The molecule has 0 aliphatic heterocycles. The van der Waals surface area contributed by atoms with Gasteiger partial charge < -0.3 is 15.2 Å². The molecule has 5 rings (SSSR count). The van der Waals surface area contributed by atoms with E-state index in [1.807, 2.05) is 50.5 Å². The number of sulfonamides is 1. The fourth-order valence-electron chi connectivity index (χ4n) is 4.19. The van der Waals surface area contributed by atoms with Crippen molar-refractivity contribution in [2.45, 2.75) is 17.6 Å². The normalized spacial score (nSPS) is 11.2. The zero-order valence-electron chi connectivity index (χ0n) is 24.1. The van der Waals surface area contributed by atoms with Crippen LogP contribution in [-0.4, -0.2) is 47.5 Å². The molecule has 3 N–H and O–H groups in total. The van der Waals surface area contributed by atoms with E-state index in [9.17, 15) is 26.9 Å². The number of aryl methyl sites for hydroxylation is 1. The van der Waals surface area contributed by atoms with Gasteiger partial charge in [0.1, 0.15) is 17.6 Å². The van der Waals surface area contributed by atoms with Gasteiger partial charge in [-0.25, -0.2) is 18.2 Å². The maximum Gasteiger partial charge on any atom is 0.490 e. The lowest BCUT2D eigenvalue weighted by molar-refractivity contribution is -0.192. The van der Waals surface area contributed by atoms with Crippen LogP contribution >= 0.6 is 11.3 Å². The second-order valence-electron chi connectivity index (χ2n) is 9.36. The van der Waals surface area contributed by atoms with Crippen LogP contribution in [0, 0.1) is 11.3 Å². The molecule has 2 heterocycles. The summed E-state index contributed by atoms with van der Waals surface area (Å²) in [5, 5.41) is 26.4. The summed E-state index contributed by atoms with van der Waals surface area (Å²) in [7, 11) is -0.172. The van der Waals surface area contributed by atoms with Crippen molar-refractivity contribution >= 4 is 32.5 Å². The van der Waals surface area contributed by atoms with Crippen molar-refractivity contribution in [1.82, 2.24) is 20.1 Å². The van der Waals surface area contributed by atoms with Crippen molar-refractivity contribution < 1.29 is 36.2 Å². The lowest BCUT2D eigenvalue weighted by Crippen LogP contribution is -2.21. The number of rotatable bonds is 9. The largest absolute Gasteiger partial charge is 0.490 e. The Kier molecular flexibility index (Phi) is 10.4. The van der Waals surface area contributed by atoms with Crippen molar-refractivity contribution in [3.8, 4) is 40.0 Å². The molecule has 2 aromatic heterocycles. The predicted molar refractivity (Wildman–Crippen MR) is 165 cm³/mol. The molecule has 11 nitrogen and oxygen atoms in total. The van der Waals surface area contributed by atoms with Crippen LogP contribution in [0.2, 0.25) is 0 Å². The van der Waals surface area contributed by atoms with Crippen LogP contribution in [0.5, 0.6) is 11.5 Å². The number of halogens is 3. The number of nitrogens with zero attached hydrogens (tertiary/aromatic N) is 4. The topological polar surface area (TPSA) is 159 Å². The molecule has 5 aromatic rings. The van der Waals surface area contributed by atoms with Gasteiger partial charge in [0.25, 0.3) is 10.0 Å². The molecule has 0 fully saturated rings. The standard InChI is InChI=1S/C28H24N6O3S2.C2HF3O2/c1-30-18-20-5-3-4-6-23(20)19-7-9-27(24(16-19)25-11-12-32-34(25)2)37-26-10-8-22(15-21(26)17-29)39(35,36)33-28-31-13-14-38-28;3-2(4,5)1(6)7/h3-16,30H,18H2,1-2H3,(H,31,33);(H,6,7). The van der Waals surface area contributed by atoms with Crippen molar-refractivity contribution in [2.75, 3.05) is 11.8 Å². The van der Waals surface area contributed by atoms with Crippen molar-refractivity contribution in [2.24, 2.45) is 7.05 Å². The van der Waals surface area contributed by atoms with Gasteiger partial charge in [-0.2, -0.15) is 23.5 Å². The van der Waals surface area contributed by atoms with Crippen LogP contribution < -0.4 is 14.8 Å². The first-order valence-electron chi connectivity index (χ1n) is 13.1. The summed E-state index contributed by atoms with van der Waals surface area (Å²) in [6, 6.07) is 22.1. The smallest absolute Gasteiger partial charge is 0.475 e. The number of alkyl halides is 3. The van der Waals surface area contributed by atoms with E-state index in [4.69, 9.17) is 14.6 Å². The molecule has 0 saturated carbocycles. The number of ether oxygens (including phenoxy) is 1. The average Bonchev–Trinajstić information content (AvgIpc) is 3.69. The maximum absolute atomic E-state index is 12.8. The molecule has 0 amide bonds. The summed E-state index contributed by atoms with van der Waals surface area (Å²) in [4.78, 5) is 12.8. The summed E-state index contributed by atoms with van der Waals surface area (Å²) in [6.07, 6.45) is -1.87. The van der Waals surface area contributed by atoms with Crippen LogP contribution in [0.3, 0.4) is 0 Å². The number of aliphatic carboxylic acids is 1. The SMILES string of the molecule is CNCc1ccccc1-c1ccc(Oc2ccc(S(=O)(=O)Nc3nccs3)cc2C#N)c(-c2ccnn2C)c1.O=C(O)C(F)(F)F. The Hall–Kier alpha value is -5.24. The lowest BCUT2D eigenvalue weighted by atomic mass is 9.96. The molecule has 0 bridgehead atoms. The van der Waals surface area contributed by atoms with Crippen LogP contribution in [0.25, 0.3) is 22.4 Å². The number of nitriles is 1. The molecule has 0 saturated heterocycles. The number of carboxylic acid groups (broad SMARTS) is 1. The van der Waals surface area contributed by atoms with Gasteiger partial charge in [-0.3, -0.25) is 9.40 Å². The summed E-state index contributed by atoms with van der Waals surface area (Å²) in [6.45, 7) is 0.716. The molecule has 0 spiro atoms. The molecular weight excluding hydrogens is 645 g/mol. The Morgan fingerprint density at radius 2 is 1.78 bits per heavy atom. The number of hydrogen-bond acceptors (Lipinski definition) is 9. The number of carboxylic acids is 1. The Morgan fingerprint density at radius 3 is 2.39 bits per heavy atom. The Bertz CT molecular complexity index is 1990. The highest BCUT2D eigenvalue weighted by atomic mass is 32.2. The summed E-state index contributed by atoms with van der Waals surface area (Å²) >= 11 is 1.16. The minimum absolute atomic E-state index is 0.0649. The monoisotopic (exact) mass is 670 g/mol. The highest BCUT2D eigenvalue weighted by Crippen LogP contribution is 2.38. The number of hydrogen-bond donors (Lipinski definition) is 3. The first kappa shape index (κ1) is 33.6. The van der Waals surface area contributed by atoms with E-state index < -0.39 is 22.2 Å². The molecule has 0 aliphatic rings. The van der Waals surface area contributed by atoms with Gasteiger partial charge in [0.05, 0.1) is 16.2 Å². The van der Waals surface area contributed by atoms with E-state index in [1.165, 1.54) is 24.4 Å². The third kappa shape index (κ3) is 8.07. The minimum Gasteiger partial charge on any atom is -0.475 e. The summed E-state index contributed by atoms with van der Waals surface area (Å²) in [5.74, 6) is -2.02. The van der Waals surface area contributed by atoms with E-state index in [2.05, 4.69) is 38.3 Å². The molecule has 46 heavy (non-hydrogen) atoms. The predicted octanol–water partition coefficient (Wildman–Crippen LogP) is 6.03. The highest BCUT2D eigenvalue weighted by molar-refractivity contribution is 7.93. The zero-order chi connectivity index (χ0) is 33.5. The van der Waals surface area contributed by atoms with Gasteiger partial charge in [0.15, 0.2) is 5.13 Å². The Balaban J connectivity index is 0.000000617. The van der Waals surface area contributed by atoms with E-state index in [-0.39, 0.29) is 21.3 Å².